The second-order valence-electron chi connectivity index (χ2n) is 14.6. The summed E-state index contributed by atoms with van der Waals surface area (Å²) in [5.74, 6) is 0.712. The van der Waals surface area contributed by atoms with Crippen LogP contribution in [-0.2, 0) is 23.0 Å². The van der Waals surface area contributed by atoms with Gasteiger partial charge in [0, 0.05) is 80.1 Å². The van der Waals surface area contributed by atoms with Gasteiger partial charge in [0.1, 0.15) is 23.9 Å². The third kappa shape index (κ3) is 6.93. The smallest absolute Gasteiger partial charge is 0.355 e. The average molecular weight is 709 g/mol. The molecule has 0 aliphatic carbocycles. The number of piperazine rings is 1. The van der Waals surface area contributed by atoms with E-state index in [9.17, 15) is 26.9 Å². The molecule has 5 heterocycles. The van der Waals surface area contributed by atoms with Crippen molar-refractivity contribution in [3.8, 4) is 6.07 Å². The standard InChI is InChI=1S/C36H43F3N8O2S/c1-25(20-44-12-14-46(15-13-44)50(3,48)49)47-29(19-40)17-30-26(2)28(5-7-33(30)47)21-43-10-8-35(9-11-43)22-45(23-35)34-31-16-27(18-36(37,38)39)4-6-32(31)41-24-42-34/h4-7,16-17,24-25H,8-15,18,20-23H2,1-3H3/t25-/m0/s1. The second-order valence-corrected chi connectivity index (χ2v) is 16.6. The number of nitriles is 1. The lowest BCUT2D eigenvalue weighted by Gasteiger charge is -2.54. The molecule has 0 radical (unpaired) electrons. The number of halogens is 3. The summed E-state index contributed by atoms with van der Waals surface area (Å²) in [5.41, 5.74) is 5.14. The molecule has 14 heteroatoms. The number of alkyl halides is 3. The maximum Gasteiger partial charge on any atom is 0.393 e. The molecular formula is C36H43F3N8O2S. The van der Waals surface area contributed by atoms with Crippen LogP contribution in [0.3, 0.4) is 0 Å². The summed E-state index contributed by atoms with van der Waals surface area (Å²) in [4.78, 5) is 15.7. The monoisotopic (exact) mass is 708 g/mol. The van der Waals surface area contributed by atoms with Crippen molar-refractivity contribution < 1.29 is 21.6 Å². The molecule has 1 spiro atoms. The van der Waals surface area contributed by atoms with Crippen LogP contribution < -0.4 is 4.90 Å². The van der Waals surface area contributed by atoms with Crippen molar-refractivity contribution in [2.24, 2.45) is 5.41 Å². The minimum absolute atomic E-state index is 0.0415. The minimum Gasteiger partial charge on any atom is -0.355 e. The van der Waals surface area contributed by atoms with Crippen molar-refractivity contribution in [2.45, 2.75) is 51.9 Å². The lowest BCUT2D eigenvalue weighted by Crippen LogP contribution is -2.60. The molecule has 3 aliphatic rings. The topological polar surface area (TPSA) is 102 Å². The zero-order chi connectivity index (χ0) is 35.4. The summed E-state index contributed by atoms with van der Waals surface area (Å²) in [6.07, 6.45) is -0.412. The van der Waals surface area contributed by atoms with Gasteiger partial charge >= 0.3 is 6.18 Å². The van der Waals surface area contributed by atoms with Crippen LogP contribution in [0, 0.1) is 23.7 Å². The Morgan fingerprint density at radius 2 is 1.68 bits per heavy atom. The van der Waals surface area contributed by atoms with Crippen LogP contribution >= 0.6 is 0 Å². The zero-order valence-corrected chi connectivity index (χ0v) is 29.6. The fraction of sp³-hybridized carbons (Fsp3) is 0.528. The number of rotatable bonds is 8. The van der Waals surface area contributed by atoms with E-state index in [-0.39, 0.29) is 17.0 Å². The molecular weight excluding hydrogens is 666 g/mol. The first-order chi connectivity index (χ1) is 23.7. The molecule has 2 aromatic heterocycles. The summed E-state index contributed by atoms with van der Waals surface area (Å²) in [7, 11) is -3.19. The summed E-state index contributed by atoms with van der Waals surface area (Å²) >= 11 is 0. The number of anilines is 1. The Hall–Kier alpha value is -3.77. The van der Waals surface area contributed by atoms with E-state index < -0.39 is 22.6 Å². The van der Waals surface area contributed by atoms with Crippen LogP contribution in [0.15, 0.2) is 42.7 Å². The number of benzene rings is 2. The molecule has 3 fully saturated rings. The molecule has 2 aromatic carbocycles. The lowest BCUT2D eigenvalue weighted by atomic mass is 9.72. The fourth-order valence-electron chi connectivity index (χ4n) is 8.26. The third-order valence-corrected chi connectivity index (χ3v) is 12.3. The van der Waals surface area contributed by atoms with Gasteiger partial charge < -0.3 is 9.47 Å². The van der Waals surface area contributed by atoms with Crippen molar-refractivity contribution in [1.82, 2.24) is 28.6 Å². The average Bonchev–Trinajstić information content (AvgIpc) is 3.44. The van der Waals surface area contributed by atoms with E-state index >= 15 is 0 Å². The highest BCUT2D eigenvalue weighted by atomic mass is 32.2. The number of sulfonamides is 1. The Morgan fingerprint density at radius 3 is 2.34 bits per heavy atom. The van der Waals surface area contributed by atoms with E-state index in [1.165, 1.54) is 34.1 Å². The Balaban J connectivity index is 0.984. The molecule has 0 N–H and O–H groups in total. The minimum atomic E-state index is -4.27. The van der Waals surface area contributed by atoms with Crippen LogP contribution in [0.2, 0.25) is 0 Å². The van der Waals surface area contributed by atoms with E-state index in [2.05, 4.69) is 61.3 Å². The molecule has 3 saturated heterocycles. The normalized spacial score (nSPS) is 20.0. The second kappa shape index (κ2) is 13.1. The molecule has 4 aromatic rings. The maximum absolute atomic E-state index is 13.1. The first-order valence-electron chi connectivity index (χ1n) is 17.2. The van der Waals surface area contributed by atoms with Crippen molar-refractivity contribution in [3.05, 3.63) is 65.1 Å². The molecule has 3 aliphatic heterocycles. The third-order valence-electron chi connectivity index (χ3n) is 11.0. The summed E-state index contributed by atoms with van der Waals surface area (Å²) < 4.78 is 66.7. The van der Waals surface area contributed by atoms with Gasteiger partial charge in [-0.15, -0.1) is 0 Å². The highest BCUT2D eigenvalue weighted by Crippen LogP contribution is 2.44. The summed E-state index contributed by atoms with van der Waals surface area (Å²) in [6, 6.07) is 13.5. The number of aryl methyl sites for hydroxylation is 1. The molecule has 50 heavy (non-hydrogen) atoms. The van der Waals surface area contributed by atoms with Crippen molar-refractivity contribution in [1.29, 1.82) is 5.26 Å². The molecule has 266 valence electrons. The van der Waals surface area contributed by atoms with Gasteiger partial charge in [-0.05, 0) is 80.7 Å². The van der Waals surface area contributed by atoms with E-state index in [0.717, 1.165) is 63.0 Å². The Bertz CT molecular complexity index is 2050. The van der Waals surface area contributed by atoms with E-state index in [0.29, 0.717) is 48.6 Å². The first-order valence-corrected chi connectivity index (χ1v) is 19.1. The number of nitrogens with zero attached hydrogens (tertiary/aromatic N) is 8. The number of aromatic nitrogens is 3. The van der Waals surface area contributed by atoms with Gasteiger partial charge in [0.15, 0.2) is 0 Å². The first kappa shape index (κ1) is 34.7. The molecule has 1 atom stereocenters. The highest BCUT2D eigenvalue weighted by Gasteiger charge is 2.45. The predicted molar refractivity (Wildman–Crippen MR) is 187 cm³/mol. The van der Waals surface area contributed by atoms with Crippen LogP contribution in [-0.4, -0.2) is 108 Å². The Labute approximate surface area is 291 Å². The SMILES string of the molecule is Cc1c(CN2CCC3(CC2)CN(c2ncnc4ccc(CC(F)(F)F)cc24)C3)ccc2c1cc(C#N)n2[C@@H](C)CN1CCN(S(C)(=O)=O)CC1. The predicted octanol–water partition coefficient (Wildman–Crippen LogP) is 5.11. The van der Waals surface area contributed by atoms with Gasteiger partial charge in [-0.1, -0.05) is 12.1 Å². The van der Waals surface area contributed by atoms with Gasteiger partial charge in [0.2, 0.25) is 10.0 Å². The van der Waals surface area contributed by atoms with E-state index in [1.54, 1.807) is 12.1 Å². The van der Waals surface area contributed by atoms with Crippen molar-refractivity contribution >= 4 is 37.6 Å². The quantitative estimate of drug-likeness (QED) is 0.249. The fourth-order valence-corrected chi connectivity index (χ4v) is 9.09. The largest absolute Gasteiger partial charge is 0.393 e. The molecule has 0 unspecified atom stereocenters. The number of fused-ring (bicyclic) bond motifs is 2. The molecule has 10 nitrogen and oxygen atoms in total. The highest BCUT2D eigenvalue weighted by molar-refractivity contribution is 7.88. The number of hydrogen-bond acceptors (Lipinski definition) is 8. The van der Waals surface area contributed by atoms with Gasteiger partial charge in [-0.25, -0.2) is 18.4 Å². The molecule has 0 bridgehead atoms. The van der Waals surface area contributed by atoms with Gasteiger partial charge in [-0.3, -0.25) is 9.80 Å². The van der Waals surface area contributed by atoms with Crippen LogP contribution in [0.4, 0.5) is 19.0 Å². The zero-order valence-electron chi connectivity index (χ0n) is 28.7. The van der Waals surface area contributed by atoms with Crippen LogP contribution in [0.1, 0.15) is 48.2 Å². The van der Waals surface area contributed by atoms with Crippen LogP contribution in [0.25, 0.3) is 21.8 Å². The van der Waals surface area contributed by atoms with Gasteiger partial charge in [0.25, 0.3) is 0 Å². The maximum atomic E-state index is 13.1. The molecule has 7 rings (SSSR count). The van der Waals surface area contributed by atoms with Gasteiger partial charge in [-0.2, -0.15) is 22.7 Å². The van der Waals surface area contributed by atoms with Gasteiger partial charge in [0.05, 0.1) is 18.2 Å². The van der Waals surface area contributed by atoms with E-state index in [1.807, 2.05) is 6.07 Å². The van der Waals surface area contributed by atoms with E-state index in [4.69, 9.17) is 0 Å². The summed E-state index contributed by atoms with van der Waals surface area (Å²) in [5, 5.41) is 11.8. The molecule has 0 saturated carbocycles. The van der Waals surface area contributed by atoms with Crippen molar-refractivity contribution in [2.75, 3.05) is 70.1 Å². The lowest BCUT2D eigenvalue weighted by molar-refractivity contribution is -0.127. The number of piperidine rings is 1. The summed E-state index contributed by atoms with van der Waals surface area (Å²) in [6.45, 7) is 11.7. The number of likely N-dealkylation sites (tertiary alicyclic amines) is 1. The Morgan fingerprint density at radius 1 is 0.960 bits per heavy atom. The molecule has 0 amide bonds. The number of hydrogen-bond donors (Lipinski definition) is 0. The Kier molecular flexibility index (Phi) is 9.07. The van der Waals surface area contributed by atoms with Crippen molar-refractivity contribution in [3.63, 3.8) is 0 Å². The van der Waals surface area contributed by atoms with Crippen LogP contribution in [0.5, 0.6) is 0 Å².